The van der Waals surface area contributed by atoms with Crippen LogP contribution < -0.4 is 4.74 Å². The molecule has 1 saturated heterocycles. The fourth-order valence-corrected chi connectivity index (χ4v) is 8.89. The zero-order valence-corrected chi connectivity index (χ0v) is 30.4. The van der Waals surface area contributed by atoms with Crippen molar-refractivity contribution in [3.63, 3.8) is 0 Å². The van der Waals surface area contributed by atoms with Crippen molar-refractivity contribution in [3.8, 4) is 5.75 Å². The number of benzene rings is 4. The summed E-state index contributed by atoms with van der Waals surface area (Å²) in [6, 6.07) is 29.0. The first kappa shape index (κ1) is 36.1. The van der Waals surface area contributed by atoms with Crippen LogP contribution >= 0.6 is 0 Å². The normalized spacial score (nSPS) is 26.4. The van der Waals surface area contributed by atoms with Gasteiger partial charge in [0.2, 0.25) is 0 Å². The standard InChI is InChI=1S/C45H51NO6/c1-31-10-8-23-44(2)41(39-21-17-32(26-36(47)19-16-31)27-40(39)42(48)34-12-4-3-5-13-34)22-24-45(44,50)30-46(29-38-15-9-25-51-38)43(49)52-37-20-18-33-11-6-7-14-35(33)28-37/h3-7,10-14,17-18,20-21,27-28,36,38,41,47,50H,8-9,15-16,19,22-26,29-30H2,1-2H3/t36-,38+,41-,44-,45+/m0/s1. The Morgan fingerprint density at radius 2 is 1.71 bits per heavy atom. The van der Waals surface area contributed by atoms with E-state index in [1.54, 1.807) is 4.90 Å². The molecule has 2 N–H and O–H groups in total. The summed E-state index contributed by atoms with van der Waals surface area (Å²) in [5, 5.41) is 26.0. The summed E-state index contributed by atoms with van der Waals surface area (Å²) in [5.41, 5.74) is 2.29. The summed E-state index contributed by atoms with van der Waals surface area (Å²) in [4.78, 5) is 30.1. The van der Waals surface area contributed by atoms with E-state index in [2.05, 4.69) is 26.0 Å². The molecule has 0 radical (unpaired) electrons. The third-order valence-corrected chi connectivity index (χ3v) is 12.0. The van der Waals surface area contributed by atoms with Crippen LogP contribution in [0.1, 0.15) is 98.2 Å². The SMILES string of the molecule is CC1=CCC[C@@]2(C)[C@@H](CC[C@@]2(O)CN(C[C@H]2CCCO2)C(=O)Oc2ccc3ccccc3c2)c2ccc(cc2C(=O)c2ccccc2)C[C@@H](O)CC1. The minimum absolute atomic E-state index is 0.0634. The number of ketones is 1. The predicted octanol–water partition coefficient (Wildman–Crippen LogP) is 8.79. The smallest absolute Gasteiger partial charge is 0.410 e. The number of fused-ring (bicyclic) bond motifs is 9. The summed E-state index contributed by atoms with van der Waals surface area (Å²) >= 11 is 0. The Hall–Kier alpha value is -4.30. The second-order valence-electron chi connectivity index (χ2n) is 15.5. The highest BCUT2D eigenvalue weighted by molar-refractivity contribution is 6.10. The fourth-order valence-electron chi connectivity index (χ4n) is 8.89. The first-order chi connectivity index (χ1) is 25.1. The maximum absolute atomic E-state index is 14.3. The van der Waals surface area contributed by atoms with Gasteiger partial charge in [-0.05, 0) is 111 Å². The molecule has 8 rings (SSSR count). The third-order valence-electron chi connectivity index (χ3n) is 12.0. The van der Waals surface area contributed by atoms with Crippen LogP contribution in [0.25, 0.3) is 10.8 Å². The van der Waals surface area contributed by atoms with Crippen LogP contribution in [0.15, 0.2) is 103 Å². The lowest BCUT2D eigenvalue weighted by Crippen LogP contribution is -2.55. The van der Waals surface area contributed by atoms with Crippen molar-refractivity contribution in [2.24, 2.45) is 5.41 Å². The Balaban J connectivity index is 1.26. The number of amides is 1. The van der Waals surface area contributed by atoms with Gasteiger partial charge in [0, 0.05) is 23.1 Å². The summed E-state index contributed by atoms with van der Waals surface area (Å²) in [5.74, 6) is 0.236. The first-order valence-electron chi connectivity index (χ1n) is 19.0. The molecule has 1 heterocycles. The molecule has 5 atom stereocenters. The molecule has 3 aliphatic carbocycles. The van der Waals surface area contributed by atoms with Crippen molar-refractivity contribution in [2.75, 3.05) is 19.7 Å². The molecule has 1 amide bonds. The molecule has 0 spiro atoms. The van der Waals surface area contributed by atoms with Gasteiger partial charge in [0.15, 0.2) is 5.78 Å². The molecular weight excluding hydrogens is 650 g/mol. The summed E-state index contributed by atoms with van der Waals surface area (Å²) in [6.45, 7) is 5.31. The van der Waals surface area contributed by atoms with Gasteiger partial charge in [-0.3, -0.25) is 4.79 Å². The number of ether oxygens (including phenoxy) is 2. The van der Waals surface area contributed by atoms with Gasteiger partial charge in [0.1, 0.15) is 5.75 Å². The molecular formula is C45H51NO6. The lowest BCUT2D eigenvalue weighted by molar-refractivity contribution is -0.0831. The van der Waals surface area contributed by atoms with Gasteiger partial charge < -0.3 is 24.6 Å². The van der Waals surface area contributed by atoms with Crippen molar-refractivity contribution in [3.05, 3.63) is 125 Å². The van der Waals surface area contributed by atoms with Gasteiger partial charge in [0.25, 0.3) is 0 Å². The quantitative estimate of drug-likeness (QED) is 0.148. The summed E-state index contributed by atoms with van der Waals surface area (Å²) < 4.78 is 12.1. The minimum atomic E-state index is -1.28. The molecule has 2 bridgehead atoms. The number of rotatable bonds is 7. The van der Waals surface area contributed by atoms with Crippen LogP contribution in [0.4, 0.5) is 4.79 Å². The number of hydrogen-bond donors (Lipinski definition) is 2. The van der Waals surface area contributed by atoms with Crippen molar-refractivity contribution in [1.29, 1.82) is 0 Å². The van der Waals surface area contributed by atoms with Crippen molar-refractivity contribution >= 4 is 22.6 Å². The number of allylic oxidation sites excluding steroid dienone is 2. The topological polar surface area (TPSA) is 96.3 Å². The van der Waals surface area contributed by atoms with Crippen molar-refractivity contribution < 1.29 is 29.3 Å². The molecule has 4 aliphatic rings. The number of aliphatic hydroxyl groups excluding tert-OH is 1. The van der Waals surface area contributed by atoms with Gasteiger partial charge in [-0.15, -0.1) is 0 Å². The lowest BCUT2D eigenvalue weighted by atomic mass is 9.64. The monoisotopic (exact) mass is 701 g/mol. The Morgan fingerprint density at radius 1 is 0.923 bits per heavy atom. The molecule has 2 fully saturated rings. The summed E-state index contributed by atoms with van der Waals surface area (Å²) in [6.07, 6.45) is 7.21. The first-order valence-corrected chi connectivity index (χ1v) is 19.0. The highest BCUT2D eigenvalue weighted by Crippen LogP contribution is 2.59. The average Bonchev–Trinajstić information content (AvgIpc) is 3.75. The van der Waals surface area contributed by atoms with Gasteiger partial charge >= 0.3 is 6.09 Å². The zero-order chi connectivity index (χ0) is 36.3. The van der Waals surface area contributed by atoms with Crippen molar-refractivity contribution in [2.45, 2.75) is 95.4 Å². The van der Waals surface area contributed by atoms with Gasteiger partial charge in [0.05, 0.1) is 30.9 Å². The average molecular weight is 702 g/mol. The molecule has 7 heteroatoms. The Kier molecular flexibility index (Phi) is 10.7. The Labute approximate surface area is 307 Å². The van der Waals surface area contributed by atoms with Crippen LogP contribution in [0.2, 0.25) is 0 Å². The lowest BCUT2D eigenvalue weighted by Gasteiger charge is -2.46. The largest absolute Gasteiger partial charge is 0.415 e. The van der Waals surface area contributed by atoms with E-state index in [0.717, 1.165) is 47.6 Å². The number of nitrogens with zero attached hydrogens (tertiary/aromatic N) is 1. The number of aliphatic hydroxyl groups is 2. The minimum Gasteiger partial charge on any atom is -0.410 e. The van der Waals surface area contributed by atoms with Crippen LogP contribution in [0.3, 0.4) is 0 Å². The maximum Gasteiger partial charge on any atom is 0.415 e. The predicted molar refractivity (Wildman–Crippen MR) is 204 cm³/mol. The van der Waals surface area contributed by atoms with Crippen LogP contribution in [0, 0.1) is 5.41 Å². The van der Waals surface area contributed by atoms with Crippen LogP contribution in [-0.4, -0.2) is 64.5 Å². The molecule has 0 unspecified atom stereocenters. The third kappa shape index (κ3) is 7.59. The van der Waals surface area contributed by atoms with E-state index in [1.807, 2.05) is 84.9 Å². The second-order valence-corrected chi connectivity index (χ2v) is 15.5. The van der Waals surface area contributed by atoms with E-state index in [-0.39, 0.29) is 24.3 Å². The van der Waals surface area contributed by atoms with Crippen molar-refractivity contribution in [1.82, 2.24) is 4.90 Å². The van der Waals surface area contributed by atoms with E-state index < -0.39 is 23.2 Å². The van der Waals surface area contributed by atoms with Gasteiger partial charge in [-0.25, -0.2) is 4.79 Å². The molecule has 4 aromatic carbocycles. The molecule has 4 aromatic rings. The van der Waals surface area contributed by atoms with Crippen LogP contribution in [0.5, 0.6) is 5.75 Å². The molecule has 52 heavy (non-hydrogen) atoms. The molecule has 272 valence electrons. The molecule has 7 nitrogen and oxygen atoms in total. The summed E-state index contributed by atoms with van der Waals surface area (Å²) in [7, 11) is 0. The van der Waals surface area contributed by atoms with E-state index in [0.29, 0.717) is 62.1 Å². The molecule has 1 aliphatic heterocycles. The Bertz CT molecular complexity index is 1930. The number of carbonyl (C=O) groups is 2. The maximum atomic E-state index is 14.3. The highest BCUT2D eigenvalue weighted by Gasteiger charge is 2.58. The van der Waals surface area contributed by atoms with E-state index in [4.69, 9.17) is 9.47 Å². The zero-order valence-electron chi connectivity index (χ0n) is 30.4. The van der Waals surface area contributed by atoms with E-state index in [9.17, 15) is 19.8 Å². The van der Waals surface area contributed by atoms with Gasteiger partial charge in [-0.2, -0.15) is 0 Å². The van der Waals surface area contributed by atoms with Crippen LogP contribution in [-0.2, 0) is 11.2 Å². The highest BCUT2D eigenvalue weighted by atomic mass is 16.6. The fraction of sp³-hybridized carbons (Fsp3) is 0.422. The second kappa shape index (κ2) is 15.4. The van der Waals surface area contributed by atoms with E-state index >= 15 is 0 Å². The molecule has 0 aromatic heterocycles. The molecule has 1 saturated carbocycles. The Morgan fingerprint density at radius 3 is 2.50 bits per heavy atom. The van der Waals surface area contributed by atoms with E-state index in [1.165, 1.54) is 5.57 Å². The number of hydrogen-bond acceptors (Lipinski definition) is 6. The number of carbonyl (C=O) groups excluding carboxylic acids is 2. The van der Waals surface area contributed by atoms with Gasteiger partial charge in [-0.1, -0.05) is 91.4 Å².